The molecule has 0 heterocycles. The van der Waals surface area contributed by atoms with Crippen LogP contribution in [0.1, 0.15) is 212 Å². The van der Waals surface area contributed by atoms with Crippen LogP contribution in [-0.2, 0) is 4.79 Å². The van der Waals surface area contributed by atoms with Gasteiger partial charge in [0, 0.05) is 13.0 Å². The quantitative estimate of drug-likeness (QED) is 0.0421. The fraction of sp³-hybridized carbons (Fsp3) is 0.971. The number of unbranched alkanes of at least 4 members (excludes halogenated alkanes) is 31. The van der Waals surface area contributed by atoms with Crippen LogP contribution in [0, 0.1) is 0 Å². The van der Waals surface area contributed by atoms with Crippen molar-refractivity contribution in [3.63, 3.8) is 0 Å². The Morgan fingerprint density at radius 3 is 0.692 bits per heavy atom. The lowest BCUT2D eigenvalue weighted by Gasteiger charge is -2.05. The summed E-state index contributed by atoms with van der Waals surface area (Å²) in [5, 5.41) is 17.2. The van der Waals surface area contributed by atoms with Gasteiger partial charge in [0.15, 0.2) is 0 Å². The van der Waals surface area contributed by atoms with E-state index in [9.17, 15) is 4.79 Å². The first-order chi connectivity index (χ1) is 19.3. The first-order valence-electron chi connectivity index (χ1n) is 17.8. The molecule has 0 atom stereocenters. The van der Waals surface area contributed by atoms with Crippen LogP contribution in [0.4, 0.5) is 0 Å². The second-order valence-corrected chi connectivity index (χ2v) is 12.3. The van der Waals surface area contributed by atoms with E-state index in [2.05, 4.69) is 0 Å². The van der Waals surface area contributed by atoms with E-state index in [1.54, 1.807) is 5.48 Å². The molecular formula is C35H71NO3. The van der Waals surface area contributed by atoms with Gasteiger partial charge in [0.05, 0.1) is 0 Å². The van der Waals surface area contributed by atoms with Crippen molar-refractivity contribution >= 4 is 5.91 Å². The number of aliphatic hydroxyl groups is 1. The summed E-state index contributed by atoms with van der Waals surface area (Å²) in [5.74, 6) is -0.257. The largest absolute Gasteiger partial charge is 0.396 e. The van der Waals surface area contributed by atoms with Crippen LogP contribution in [0.25, 0.3) is 0 Å². The molecule has 0 aliphatic carbocycles. The average Bonchev–Trinajstić information content (AvgIpc) is 2.95. The normalized spacial score (nSPS) is 11.3. The number of aliphatic hydroxyl groups excluding tert-OH is 1. The molecule has 39 heavy (non-hydrogen) atoms. The van der Waals surface area contributed by atoms with Crippen LogP contribution in [0.5, 0.6) is 0 Å². The van der Waals surface area contributed by atoms with E-state index in [0.29, 0.717) is 13.0 Å². The van der Waals surface area contributed by atoms with E-state index in [4.69, 9.17) is 10.3 Å². The van der Waals surface area contributed by atoms with Gasteiger partial charge in [-0.2, -0.15) is 0 Å². The summed E-state index contributed by atoms with van der Waals surface area (Å²) in [6.45, 7) is 0.367. The second-order valence-electron chi connectivity index (χ2n) is 12.3. The fourth-order valence-corrected chi connectivity index (χ4v) is 5.76. The maximum Gasteiger partial charge on any atom is 0.243 e. The molecule has 0 saturated heterocycles. The number of carbonyl (C=O) groups is 1. The van der Waals surface area contributed by atoms with Gasteiger partial charge in [0.2, 0.25) is 5.91 Å². The number of nitrogens with one attached hydrogen (secondary N) is 1. The SMILES string of the molecule is O=C(CCCCCCCCCCCCCCCCCCCCCCCCCCCCCCCCCCO)NO. The Labute approximate surface area is 244 Å². The van der Waals surface area contributed by atoms with Crippen LogP contribution in [0.3, 0.4) is 0 Å². The van der Waals surface area contributed by atoms with Gasteiger partial charge in [-0.05, 0) is 12.8 Å². The maximum atomic E-state index is 10.9. The van der Waals surface area contributed by atoms with Gasteiger partial charge in [-0.15, -0.1) is 0 Å². The molecule has 0 fully saturated rings. The Morgan fingerprint density at radius 1 is 0.333 bits per heavy atom. The van der Waals surface area contributed by atoms with Gasteiger partial charge in [-0.25, -0.2) is 5.48 Å². The Bertz CT molecular complexity index is 457. The van der Waals surface area contributed by atoms with E-state index >= 15 is 0 Å². The van der Waals surface area contributed by atoms with Crippen molar-refractivity contribution in [1.82, 2.24) is 5.48 Å². The van der Waals surface area contributed by atoms with Gasteiger partial charge in [-0.3, -0.25) is 10.0 Å². The van der Waals surface area contributed by atoms with Crippen molar-refractivity contribution in [1.29, 1.82) is 0 Å². The van der Waals surface area contributed by atoms with Gasteiger partial charge < -0.3 is 5.11 Å². The molecule has 0 saturated carbocycles. The van der Waals surface area contributed by atoms with E-state index in [-0.39, 0.29) is 5.91 Å². The van der Waals surface area contributed by atoms with E-state index in [1.165, 1.54) is 186 Å². The first-order valence-corrected chi connectivity index (χ1v) is 17.8. The lowest BCUT2D eigenvalue weighted by atomic mass is 10.0. The monoisotopic (exact) mass is 554 g/mol. The third kappa shape index (κ3) is 35.4. The summed E-state index contributed by atoms with van der Waals surface area (Å²) in [6.07, 6.45) is 44.2. The summed E-state index contributed by atoms with van der Waals surface area (Å²) < 4.78 is 0. The van der Waals surface area contributed by atoms with Crippen molar-refractivity contribution in [2.75, 3.05) is 6.61 Å². The number of hydrogen-bond acceptors (Lipinski definition) is 3. The number of hydrogen-bond donors (Lipinski definition) is 3. The summed E-state index contributed by atoms with van der Waals surface area (Å²) in [4.78, 5) is 10.9. The number of rotatable bonds is 34. The Balaban J connectivity index is 3.03. The van der Waals surface area contributed by atoms with Crippen molar-refractivity contribution in [3.8, 4) is 0 Å². The van der Waals surface area contributed by atoms with Gasteiger partial charge in [-0.1, -0.05) is 193 Å². The van der Waals surface area contributed by atoms with E-state index < -0.39 is 0 Å². The van der Waals surface area contributed by atoms with Crippen molar-refractivity contribution in [2.45, 2.75) is 212 Å². The van der Waals surface area contributed by atoms with Gasteiger partial charge in [0.25, 0.3) is 0 Å². The molecular weight excluding hydrogens is 482 g/mol. The third-order valence-corrected chi connectivity index (χ3v) is 8.44. The zero-order valence-electron chi connectivity index (χ0n) is 26.3. The molecule has 0 spiro atoms. The summed E-state index contributed by atoms with van der Waals surface area (Å²) >= 11 is 0. The van der Waals surface area contributed by atoms with Gasteiger partial charge >= 0.3 is 0 Å². The lowest BCUT2D eigenvalue weighted by Crippen LogP contribution is -2.17. The highest BCUT2D eigenvalue weighted by molar-refractivity contribution is 5.74. The molecule has 234 valence electrons. The molecule has 0 aliphatic heterocycles. The molecule has 1 amide bonds. The molecule has 0 aliphatic rings. The van der Waals surface area contributed by atoms with Crippen molar-refractivity contribution in [3.05, 3.63) is 0 Å². The summed E-state index contributed by atoms with van der Waals surface area (Å²) in [6, 6.07) is 0. The minimum Gasteiger partial charge on any atom is -0.396 e. The molecule has 0 rings (SSSR count). The molecule has 0 radical (unpaired) electrons. The minimum atomic E-state index is -0.257. The second kappa shape index (κ2) is 35.4. The molecule has 3 N–H and O–H groups in total. The Morgan fingerprint density at radius 2 is 0.513 bits per heavy atom. The van der Waals surface area contributed by atoms with Crippen molar-refractivity contribution < 1.29 is 15.1 Å². The highest BCUT2D eigenvalue weighted by Gasteiger charge is 1.99. The molecule has 0 bridgehead atoms. The van der Waals surface area contributed by atoms with Crippen LogP contribution >= 0.6 is 0 Å². The highest BCUT2D eigenvalue weighted by atomic mass is 16.5. The Hall–Kier alpha value is -0.610. The molecule has 0 aromatic rings. The highest BCUT2D eigenvalue weighted by Crippen LogP contribution is 2.16. The third-order valence-electron chi connectivity index (χ3n) is 8.44. The average molecular weight is 554 g/mol. The van der Waals surface area contributed by atoms with Crippen molar-refractivity contribution in [2.24, 2.45) is 0 Å². The van der Waals surface area contributed by atoms with E-state index in [1.807, 2.05) is 0 Å². The molecule has 4 nitrogen and oxygen atoms in total. The molecule has 4 heteroatoms. The van der Waals surface area contributed by atoms with Gasteiger partial charge in [0.1, 0.15) is 0 Å². The van der Waals surface area contributed by atoms with E-state index in [0.717, 1.165) is 19.3 Å². The number of hydroxylamine groups is 1. The predicted octanol–water partition coefficient (Wildman–Crippen LogP) is 11.4. The minimum absolute atomic E-state index is 0.257. The topological polar surface area (TPSA) is 69.6 Å². The number of carbonyl (C=O) groups excluding carboxylic acids is 1. The molecule has 0 aromatic heterocycles. The predicted molar refractivity (Wildman–Crippen MR) is 169 cm³/mol. The summed E-state index contributed by atoms with van der Waals surface area (Å²) in [5.41, 5.74) is 1.70. The number of amides is 1. The molecule has 0 unspecified atom stereocenters. The molecule has 0 aromatic carbocycles. The van der Waals surface area contributed by atoms with Crippen LogP contribution in [-0.4, -0.2) is 22.8 Å². The standard InChI is InChI=1S/C35H71NO3/c37-34-32-30-28-26-24-22-20-18-16-14-12-10-8-6-4-2-1-3-5-7-9-11-13-15-17-19-21-23-25-27-29-31-33-35(38)36-39/h37,39H,1-34H2,(H,36,38). The Kier molecular flexibility index (Phi) is 34.9. The smallest absolute Gasteiger partial charge is 0.243 e. The van der Waals surface area contributed by atoms with Crippen LogP contribution in [0.15, 0.2) is 0 Å². The van der Waals surface area contributed by atoms with Crippen LogP contribution < -0.4 is 5.48 Å². The maximum absolute atomic E-state index is 10.9. The summed E-state index contributed by atoms with van der Waals surface area (Å²) in [7, 11) is 0. The zero-order chi connectivity index (χ0) is 28.3. The lowest BCUT2D eigenvalue weighted by molar-refractivity contribution is -0.129. The first kappa shape index (κ1) is 38.4. The zero-order valence-corrected chi connectivity index (χ0v) is 26.3. The van der Waals surface area contributed by atoms with Crippen LogP contribution in [0.2, 0.25) is 0 Å². The fourth-order valence-electron chi connectivity index (χ4n) is 5.76.